The zero-order valence-corrected chi connectivity index (χ0v) is 9.61. The van der Waals surface area contributed by atoms with Gasteiger partial charge in [-0.15, -0.1) is 0 Å². The maximum atomic E-state index is 10.7. The van der Waals surface area contributed by atoms with Crippen molar-refractivity contribution in [2.24, 2.45) is 0 Å². The van der Waals surface area contributed by atoms with Gasteiger partial charge in [0.05, 0.1) is 0 Å². The predicted octanol–water partition coefficient (Wildman–Crippen LogP) is 0.543. The van der Waals surface area contributed by atoms with Crippen LogP contribution in [0.3, 0.4) is 0 Å². The van der Waals surface area contributed by atoms with E-state index in [-0.39, 0.29) is 5.97 Å². The molecule has 0 N–H and O–H groups in total. The zero-order chi connectivity index (χ0) is 8.53. The summed E-state index contributed by atoms with van der Waals surface area (Å²) in [4.78, 5) is 10.7. The first-order chi connectivity index (χ1) is 5.31. The van der Waals surface area contributed by atoms with Gasteiger partial charge >= 0.3 is 80.4 Å². The SMILES string of the molecule is CCOCCOC(=O)C[CH2][Sn]. The first-order valence-corrected chi connectivity index (χ1v) is 5.71. The second-order valence-electron chi connectivity index (χ2n) is 1.92. The molecule has 3 radical (unpaired) electrons. The second-order valence-corrected chi connectivity index (χ2v) is 3.34. The van der Waals surface area contributed by atoms with Crippen molar-refractivity contribution in [3.05, 3.63) is 0 Å². The van der Waals surface area contributed by atoms with E-state index in [2.05, 4.69) is 0 Å². The number of carbonyl (C=O) groups is 1. The van der Waals surface area contributed by atoms with E-state index in [9.17, 15) is 4.79 Å². The van der Waals surface area contributed by atoms with Gasteiger partial charge in [0.2, 0.25) is 0 Å². The van der Waals surface area contributed by atoms with Gasteiger partial charge in [-0.25, -0.2) is 0 Å². The Kier molecular flexibility index (Phi) is 8.50. The summed E-state index contributed by atoms with van der Waals surface area (Å²) in [6.07, 6.45) is 0.546. The number of esters is 1. The van der Waals surface area contributed by atoms with E-state index in [1.54, 1.807) is 0 Å². The molecule has 0 saturated carbocycles. The van der Waals surface area contributed by atoms with Crippen molar-refractivity contribution in [2.45, 2.75) is 17.8 Å². The summed E-state index contributed by atoms with van der Waals surface area (Å²) in [7, 11) is 0. The van der Waals surface area contributed by atoms with Crippen LogP contribution < -0.4 is 0 Å². The average Bonchev–Trinajstić information content (AvgIpc) is 1.99. The molecule has 0 rings (SSSR count). The molecule has 11 heavy (non-hydrogen) atoms. The van der Waals surface area contributed by atoms with Crippen LogP contribution in [0, 0.1) is 0 Å². The van der Waals surface area contributed by atoms with Crippen LogP contribution >= 0.6 is 0 Å². The van der Waals surface area contributed by atoms with Gasteiger partial charge in [-0.3, -0.25) is 0 Å². The maximum absolute atomic E-state index is 10.7. The number of hydrogen-bond donors (Lipinski definition) is 0. The van der Waals surface area contributed by atoms with Gasteiger partial charge in [0, 0.05) is 0 Å². The molecule has 0 aliphatic carbocycles. The molecule has 0 aromatic carbocycles. The Balaban J connectivity index is 3.04. The fourth-order valence-corrected chi connectivity index (χ4v) is 1.12. The van der Waals surface area contributed by atoms with Crippen molar-refractivity contribution in [1.82, 2.24) is 0 Å². The van der Waals surface area contributed by atoms with E-state index in [1.165, 1.54) is 22.5 Å². The summed E-state index contributed by atoms with van der Waals surface area (Å²) < 4.78 is 10.8. The number of carbonyl (C=O) groups excluding carboxylic acids is 1. The van der Waals surface area contributed by atoms with Gasteiger partial charge in [-0.1, -0.05) is 0 Å². The molecule has 0 atom stereocenters. The van der Waals surface area contributed by atoms with Crippen LogP contribution in [0.5, 0.6) is 0 Å². The molecule has 0 heterocycles. The van der Waals surface area contributed by atoms with Crippen LogP contribution in [0.1, 0.15) is 13.3 Å². The monoisotopic (exact) mass is 265 g/mol. The van der Waals surface area contributed by atoms with Crippen molar-refractivity contribution in [2.75, 3.05) is 19.8 Å². The Labute approximate surface area is 80.5 Å². The average molecular weight is 264 g/mol. The predicted molar refractivity (Wildman–Crippen MR) is 42.6 cm³/mol. The van der Waals surface area contributed by atoms with Crippen LogP contribution in [-0.2, 0) is 14.3 Å². The quantitative estimate of drug-likeness (QED) is 0.399. The third-order valence-electron chi connectivity index (χ3n) is 1.02. The van der Waals surface area contributed by atoms with Gasteiger partial charge < -0.3 is 0 Å². The Bertz CT molecular complexity index is 106. The molecule has 0 saturated heterocycles. The number of rotatable bonds is 6. The molecule has 4 heteroatoms. The van der Waals surface area contributed by atoms with Crippen LogP contribution in [0.2, 0.25) is 4.44 Å². The van der Waals surface area contributed by atoms with E-state index in [0.29, 0.717) is 26.2 Å². The van der Waals surface area contributed by atoms with E-state index in [0.717, 1.165) is 4.44 Å². The summed E-state index contributed by atoms with van der Waals surface area (Å²) in [5.74, 6) is -0.110. The van der Waals surface area contributed by atoms with Crippen molar-refractivity contribution in [3.63, 3.8) is 0 Å². The van der Waals surface area contributed by atoms with Crippen molar-refractivity contribution >= 4 is 28.5 Å². The van der Waals surface area contributed by atoms with E-state index >= 15 is 0 Å². The van der Waals surface area contributed by atoms with Gasteiger partial charge in [0.1, 0.15) is 0 Å². The van der Waals surface area contributed by atoms with Crippen LogP contribution in [0.4, 0.5) is 0 Å². The minimum absolute atomic E-state index is 0.110. The van der Waals surface area contributed by atoms with Crippen molar-refractivity contribution in [3.8, 4) is 0 Å². The van der Waals surface area contributed by atoms with Crippen LogP contribution in [0.15, 0.2) is 0 Å². The second kappa shape index (κ2) is 8.33. The molecule has 0 fully saturated rings. The zero-order valence-electron chi connectivity index (χ0n) is 6.76. The molecule has 0 amide bonds. The van der Waals surface area contributed by atoms with Gasteiger partial charge in [0.15, 0.2) is 0 Å². The first kappa shape index (κ1) is 11.2. The summed E-state index contributed by atoms with van der Waals surface area (Å²) >= 11 is 1.38. The van der Waals surface area contributed by atoms with Gasteiger partial charge in [0.25, 0.3) is 0 Å². The Morgan fingerprint density at radius 2 is 2.18 bits per heavy atom. The van der Waals surface area contributed by atoms with Crippen LogP contribution in [0.25, 0.3) is 0 Å². The standard InChI is InChI=1S/C7H13O3.Sn/c1-3-7(8)10-6-5-9-4-2;/h1,3-6H2,2H3;. The van der Waals surface area contributed by atoms with Crippen molar-refractivity contribution < 1.29 is 14.3 Å². The fourth-order valence-electron chi connectivity index (χ4n) is 0.533. The number of hydrogen-bond acceptors (Lipinski definition) is 3. The molecule has 0 bridgehead atoms. The fraction of sp³-hybridized carbons (Fsp3) is 0.857. The summed E-state index contributed by atoms with van der Waals surface area (Å²) in [5.41, 5.74) is 0. The third-order valence-corrected chi connectivity index (χ3v) is 1.74. The summed E-state index contributed by atoms with van der Waals surface area (Å²) in [6, 6.07) is 0. The number of ether oxygens (including phenoxy) is 2. The van der Waals surface area contributed by atoms with E-state index in [4.69, 9.17) is 9.47 Å². The van der Waals surface area contributed by atoms with E-state index < -0.39 is 0 Å². The molecular weight excluding hydrogens is 251 g/mol. The molecule has 0 aliphatic rings. The molecule has 3 nitrogen and oxygen atoms in total. The molecule has 0 aromatic heterocycles. The summed E-state index contributed by atoms with van der Waals surface area (Å²) in [6.45, 7) is 3.50. The Morgan fingerprint density at radius 3 is 2.73 bits per heavy atom. The first-order valence-electron chi connectivity index (χ1n) is 3.69. The Morgan fingerprint density at radius 1 is 1.45 bits per heavy atom. The molecule has 0 aliphatic heterocycles. The topological polar surface area (TPSA) is 35.5 Å². The molecule has 63 valence electrons. The summed E-state index contributed by atoms with van der Waals surface area (Å²) in [5, 5.41) is 0. The molecule has 0 unspecified atom stereocenters. The normalized spacial score (nSPS) is 9.64. The van der Waals surface area contributed by atoms with Gasteiger partial charge in [-0.05, 0) is 0 Å². The molecule has 0 spiro atoms. The van der Waals surface area contributed by atoms with E-state index in [1.807, 2.05) is 6.92 Å². The minimum atomic E-state index is -0.110. The van der Waals surface area contributed by atoms with Crippen LogP contribution in [-0.4, -0.2) is 48.3 Å². The molecule has 0 aromatic rings. The Hall–Kier alpha value is 0.229. The third kappa shape index (κ3) is 8.13. The molecular formula is C7H13O3Sn. The van der Waals surface area contributed by atoms with Crippen molar-refractivity contribution in [1.29, 1.82) is 0 Å². The van der Waals surface area contributed by atoms with Gasteiger partial charge in [-0.2, -0.15) is 0 Å².